The Kier molecular flexibility index (Phi) is 6.13. The number of halogens is 2. The van der Waals surface area contributed by atoms with Gasteiger partial charge in [-0.15, -0.1) is 0 Å². The molecule has 1 aromatic heterocycles. The van der Waals surface area contributed by atoms with E-state index in [-0.39, 0.29) is 23.6 Å². The molecule has 1 heterocycles. The quantitative estimate of drug-likeness (QED) is 0.603. The number of hydrogen-bond acceptors (Lipinski definition) is 3. The van der Waals surface area contributed by atoms with E-state index in [1.54, 1.807) is 30.3 Å². The maximum atomic E-state index is 12.9. The smallest absolute Gasteiger partial charge is 0.387 e. The van der Waals surface area contributed by atoms with Gasteiger partial charge in [0.15, 0.2) is 0 Å². The van der Waals surface area contributed by atoms with Crippen LogP contribution in [0.3, 0.4) is 0 Å². The highest BCUT2D eigenvalue weighted by atomic mass is 19.3. The van der Waals surface area contributed by atoms with Gasteiger partial charge in [-0.2, -0.15) is 14.0 Å². The van der Waals surface area contributed by atoms with Crippen molar-refractivity contribution in [2.24, 2.45) is 5.92 Å². The molecule has 0 bridgehead atoms. The molecule has 1 N–H and O–H groups in total. The molecule has 1 aliphatic carbocycles. The lowest BCUT2D eigenvalue weighted by Gasteiger charge is -2.26. The summed E-state index contributed by atoms with van der Waals surface area (Å²) in [4.78, 5) is 12.2. The van der Waals surface area contributed by atoms with E-state index in [0.29, 0.717) is 24.1 Å². The number of fused-ring (bicyclic) bond motifs is 3. The first-order valence-corrected chi connectivity index (χ1v) is 10.7. The zero-order chi connectivity index (χ0) is 22.8. The maximum absolute atomic E-state index is 12.9. The van der Waals surface area contributed by atoms with Gasteiger partial charge in [0.1, 0.15) is 5.75 Å². The first-order valence-electron chi connectivity index (χ1n) is 10.7. The molecule has 1 aliphatic rings. The highest BCUT2D eigenvalue weighted by Crippen LogP contribution is 2.35. The number of alkyl halides is 2. The van der Waals surface area contributed by atoms with Crippen LogP contribution < -0.4 is 10.1 Å². The fourth-order valence-corrected chi connectivity index (χ4v) is 4.41. The number of ether oxygens (including phenoxy) is 1. The molecule has 4 rings (SSSR count). The number of nitrogens with zero attached hydrogens (tertiary/aromatic N) is 2. The third-order valence-electron chi connectivity index (χ3n) is 5.98. The summed E-state index contributed by atoms with van der Waals surface area (Å²) >= 11 is 0. The van der Waals surface area contributed by atoms with Crippen LogP contribution in [0.25, 0.3) is 10.9 Å². The number of para-hydroxylation sites is 1. The van der Waals surface area contributed by atoms with Crippen molar-refractivity contribution in [1.29, 1.82) is 5.26 Å². The lowest BCUT2D eigenvalue weighted by Crippen LogP contribution is -2.41. The number of hydrogen-bond donors (Lipinski definition) is 1. The third kappa shape index (κ3) is 4.31. The summed E-state index contributed by atoms with van der Waals surface area (Å²) in [6.07, 6.45) is 2.20. The number of amides is 1. The second-order valence-electron chi connectivity index (χ2n) is 8.44. The molecule has 5 nitrogen and oxygen atoms in total. The Hall–Kier alpha value is -3.40. The molecule has 0 aliphatic heterocycles. The largest absolute Gasteiger partial charge is 0.434 e. The fourth-order valence-electron chi connectivity index (χ4n) is 4.41. The Morgan fingerprint density at radius 3 is 2.78 bits per heavy atom. The minimum Gasteiger partial charge on any atom is -0.434 e. The van der Waals surface area contributed by atoms with Gasteiger partial charge in [-0.25, -0.2) is 0 Å². The van der Waals surface area contributed by atoms with Gasteiger partial charge < -0.3 is 14.6 Å². The Balaban J connectivity index is 1.76. The fraction of sp³-hybridized carbons (Fsp3) is 0.360. The van der Waals surface area contributed by atoms with Gasteiger partial charge in [-0.3, -0.25) is 4.79 Å². The van der Waals surface area contributed by atoms with E-state index < -0.39 is 6.61 Å². The lowest BCUT2D eigenvalue weighted by molar-refractivity contribution is -0.124. The van der Waals surface area contributed by atoms with Crippen molar-refractivity contribution in [3.8, 4) is 11.8 Å². The van der Waals surface area contributed by atoms with Crippen LogP contribution in [0.15, 0.2) is 42.5 Å². The van der Waals surface area contributed by atoms with Gasteiger partial charge in [0.25, 0.3) is 0 Å². The standard InChI is InChI=1S/C25H25F2N3O2/c1-15(2)24(31)29-18-8-10-22-20(12-18)19-11-16(13-28)7-9-21(19)30(22)14-17-5-3-4-6-23(17)32-25(26)27/h3-7,9,11,15,18,25H,8,10,12,14H2,1-2H3,(H,29,31). The van der Waals surface area contributed by atoms with Gasteiger partial charge in [0, 0.05) is 34.1 Å². The van der Waals surface area contributed by atoms with Crippen LogP contribution in [-0.4, -0.2) is 23.1 Å². The summed E-state index contributed by atoms with van der Waals surface area (Å²) in [5, 5.41) is 13.5. The number of carbonyl (C=O) groups excluding carboxylic acids is 1. The summed E-state index contributed by atoms with van der Waals surface area (Å²) in [7, 11) is 0. The molecule has 0 saturated heterocycles. The van der Waals surface area contributed by atoms with Crippen LogP contribution in [0.5, 0.6) is 5.75 Å². The van der Waals surface area contributed by atoms with Gasteiger partial charge in [-0.1, -0.05) is 32.0 Å². The molecule has 1 amide bonds. The average Bonchev–Trinajstić information content (AvgIpc) is 3.07. The number of nitriles is 1. The second kappa shape index (κ2) is 8.99. The van der Waals surface area contributed by atoms with E-state index in [1.165, 1.54) is 0 Å². The van der Waals surface area contributed by atoms with Crippen molar-refractivity contribution in [2.75, 3.05) is 0 Å². The molecule has 0 fully saturated rings. The summed E-state index contributed by atoms with van der Waals surface area (Å²) in [5.74, 6) is 0.0943. The number of rotatable bonds is 6. The van der Waals surface area contributed by atoms with Crippen LogP contribution in [0.1, 0.15) is 42.7 Å². The summed E-state index contributed by atoms with van der Waals surface area (Å²) in [6, 6.07) is 14.6. The summed E-state index contributed by atoms with van der Waals surface area (Å²) in [5.41, 5.74) is 4.37. The topological polar surface area (TPSA) is 67.0 Å². The Bertz CT molecular complexity index is 1190. The van der Waals surface area contributed by atoms with Crippen molar-refractivity contribution in [2.45, 2.75) is 52.3 Å². The van der Waals surface area contributed by atoms with Gasteiger partial charge in [0.2, 0.25) is 5.91 Å². The first-order chi connectivity index (χ1) is 15.4. The molecule has 2 aromatic carbocycles. The monoisotopic (exact) mass is 437 g/mol. The van der Waals surface area contributed by atoms with E-state index in [0.717, 1.165) is 35.0 Å². The lowest BCUT2D eigenvalue weighted by atomic mass is 9.90. The maximum Gasteiger partial charge on any atom is 0.387 e. The second-order valence-corrected chi connectivity index (χ2v) is 8.44. The minimum atomic E-state index is -2.89. The minimum absolute atomic E-state index is 0.0247. The number of benzene rings is 2. The normalized spacial score (nSPS) is 15.6. The van der Waals surface area contributed by atoms with Crippen molar-refractivity contribution < 1.29 is 18.3 Å². The van der Waals surface area contributed by atoms with Crippen LogP contribution in [0.4, 0.5) is 8.78 Å². The third-order valence-corrected chi connectivity index (χ3v) is 5.98. The SMILES string of the molecule is CC(C)C(=O)NC1CCc2c(c3cc(C#N)ccc3n2Cc2ccccc2OC(F)F)C1. The average molecular weight is 437 g/mol. The highest BCUT2D eigenvalue weighted by molar-refractivity contribution is 5.87. The number of carbonyl (C=O) groups is 1. The predicted molar refractivity (Wildman–Crippen MR) is 118 cm³/mol. The Morgan fingerprint density at radius 1 is 1.28 bits per heavy atom. The zero-order valence-corrected chi connectivity index (χ0v) is 18.1. The molecule has 166 valence electrons. The van der Waals surface area contributed by atoms with Gasteiger partial charge in [0.05, 0.1) is 18.2 Å². The summed E-state index contributed by atoms with van der Waals surface area (Å²) in [6.45, 7) is 1.22. The molecule has 0 saturated carbocycles. The highest BCUT2D eigenvalue weighted by Gasteiger charge is 2.27. The van der Waals surface area contributed by atoms with Crippen molar-refractivity contribution in [3.05, 3.63) is 64.8 Å². The van der Waals surface area contributed by atoms with Crippen molar-refractivity contribution in [3.63, 3.8) is 0 Å². The van der Waals surface area contributed by atoms with Crippen LogP contribution in [0.2, 0.25) is 0 Å². The first kappa shape index (κ1) is 21.8. The van der Waals surface area contributed by atoms with Gasteiger partial charge >= 0.3 is 6.61 Å². The van der Waals surface area contributed by atoms with Crippen molar-refractivity contribution in [1.82, 2.24) is 9.88 Å². The molecule has 32 heavy (non-hydrogen) atoms. The predicted octanol–water partition coefficient (Wildman–Crippen LogP) is 4.79. The van der Waals surface area contributed by atoms with E-state index >= 15 is 0 Å². The molecule has 1 unspecified atom stereocenters. The van der Waals surface area contributed by atoms with Crippen LogP contribution in [0, 0.1) is 17.2 Å². The molecule has 3 aromatic rings. The van der Waals surface area contributed by atoms with Gasteiger partial charge in [-0.05, 0) is 49.1 Å². The van der Waals surface area contributed by atoms with Crippen molar-refractivity contribution >= 4 is 16.8 Å². The number of nitrogens with one attached hydrogen (secondary N) is 1. The van der Waals surface area contributed by atoms with Crippen LogP contribution >= 0.6 is 0 Å². The van der Waals surface area contributed by atoms with E-state index in [9.17, 15) is 18.8 Å². The molecule has 1 atom stereocenters. The van der Waals surface area contributed by atoms with Crippen LogP contribution in [-0.2, 0) is 24.2 Å². The Morgan fingerprint density at radius 2 is 2.06 bits per heavy atom. The molecule has 0 radical (unpaired) electrons. The van der Waals surface area contributed by atoms with E-state index in [1.807, 2.05) is 26.0 Å². The molecule has 0 spiro atoms. The Labute approximate surface area is 185 Å². The van der Waals surface area contributed by atoms with E-state index in [4.69, 9.17) is 4.74 Å². The van der Waals surface area contributed by atoms with E-state index in [2.05, 4.69) is 16.0 Å². The molecular weight excluding hydrogens is 412 g/mol. The zero-order valence-electron chi connectivity index (χ0n) is 18.1. The number of aromatic nitrogens is 1. The molecular formula is C25H25F2N3O2. The molecule has 7 heteroatoms. The summed E-state index contributed by atoms with van der Waals surface area (Å²) < 4.78 is 32.7.